The Morgan fingerprint density at radius 3 is 2.21 bits per heavy atom. The predicted molar refractivity (Wildman–Crippen MR) is 104 cm³/mol. The van der Waals surface area contributed by atoms with Crippen molar-refractivity contribution in [2.24, 2.45) is 17.3 Å². The number of ether oxygens (including phenoxy) is 1. The van der Waals surface area contributed by atoms with Crippen molar-refractivity contribution >= 4 is 29.2 Å². The first-order chi connectivity index (χ1) is 13.3. The van der Waals surface area contributed by atoms with Gasteiger partial charge in [-0.3, -0.25) is 14.4 Å². The third kappa shape index (κ3) is 4.31. The van der Waals surface area contributed by atoms with E-state index in [0.29, 0.717) is 17.1 Å². The van der Waals surface area contributed by atoms with Crippen LogP contribution in [0, 0.1) is 17.3 Å². The zero-order chi connectivity index (χ0) is 20.3. The van der Waals surface area contributed by atoms with Gasteiger partial charge in [-0.25, -0.2) is 0 Å². The molecule has 7 nitrogen and oxygen atoms in total. The van der Waals surface area contributed by atoms with Gasteiger partial charge in [-0.2, -0.15) is 0 Å². The van der Waals surface area contributed by atoms with Crippen LogP contribution < -0.4 is 15.4 Å². The molecule has 0 aromatic heterocycles. The molecule has 3 N–H and O–H groups in total. The van der Waals surface area contributed by atoms with E-state index in [1.165, 1.54) is 0 Å². The fourth-order valence-corrected chi connectivity index (χ4v) is 3.35. The zero-order valence-corrected chi connectivity index (χ0v) is 15.6. The molecule has 1 aliphatic rings. The van der Waals surface area contributed by atoms with Gasteiger partial charge in [-0.05, 0) is 35.7 Å². The number of hydrogen-bond acceptors (Lipinski definition) is 4. The van der Waals surface area contributed by atoms with E-state index in [-0.39, 0.29) is 18.4 Å². The van der Waals surface area contributed by atoms with Gasteiger partial charge in [0.15, 0.2) is 6.61 Å². The summed E-state index contributed by atoms with van der Waals surface area (Å²) in [5.41, 5.74) is 0.416. The van der Waals surface area contributed by atoms with E-state index in [1.807, 2.05) is 18.2 Å². The molecular weight excluding hydrogens is 360 g/mol. The molecule has 0 bridgehead atoms. The highest BCUT2D eigenvalue weighted by Gasteiger charge is 2.65. The van der Waals surface area contributed by atoms with Crippen molar-refractivity contribution in [1.82, 2.24) is 0 Å². The summed E-state index contributed by atoms with van der Waals surface area (Å²) in [4.78, 5) is 35.7. The Labute approximate surface area is 162 Å². The minimum atomic E-state index is -0.968. The first-order valence-corrected chi connectivity index (χ1v) is 8.90. The maximum absolute atomic E-state index is 12.4. The third-order valence-electron chi connectivity index (χ3n) is 4.90. The van der Waals surface area contributed by atoms with E-state index < -0.39 is 23.2 Å². The Kier molecular flexibility index (Phi) is 5.35. The standard InChI is InChI=1S/C21H22N2O5/c1-21(2)17(18(21)20(26)27)19(25)23-14-8-6-7-13(11-14)22-16(24)12-28-15-9-4-3-5-10-15/h3-11,17-18H,12H2,1-2H3,(H,22,24)(H,23,25)(H,26,27)/t17-,18-/m0/s1. The molecule has 0 radical (unpaired) electrons. The van der Waals surface area contributed by atoms with Gasteiger partial charge >= 0.3 is 5.97 Å². The molecule has 1 fully saturated rings. The number of hydrogen-bond donors (Lipinski definition) is 3. The van der Waals surface area contributed by atoms with Crippen molar-refractivity contribution in [3.8, 4) is 5.75 Å². The highest BCUT2D eigenvalue weighted by molar-refractivity contribution is 6.00. The van der Waals surface area contributed by atoms with Crippen LogP contribution in [0.25, 0.3) is 0 Å². The number of benzene rings is 2. The van der Waals surface area contributed by atoms with E-state index in [1.54, 1.807) is 50.2 Å². The number of anilines is 2. The quantitative estimate of drug-likeness (QED) is 0.683. The summed E-state index contributed by atoms with van der Waals surface area (Å²) in [6.45, 7) is 3.38. The first kappa shape index (κ1) is 19.4. The second-order valence-corrected chi connectivity index (χ2v) is 7.33. The van der Waals surface area contributed by atoms with Gasteiger partial charge in [0.1, 0.15) is 5.75 Å². The van der Waals surface area contributed by atoms with Crippen LogP contribution >= 0.6 is 0 Å². The number of para-hydroxylation sites is 1. The SMILES string of the molecule is CC1(C)[C@H](C(=O)O)[C@H]1C(=O)Nc1cccc(NC(=O)COc2ccccc2)c1. The normalized spacial score (nSPS) is 19.4. The van der Waals surface area contributed by atoms with E-state index in [0.717, 1.165) is 0 Å². The molecule has 1 aliphatic carbocycles. The average molecular weight is 382 g/mol. The maximum atomic E-state index is 12.4. The number of amides is 2. The number of carboxylic acid groups (broad SMARTS) is 1. The van der Waals surface area contributed by atoms with Gasteiger partial charge in [-0.15, -0.1) is 0 Å². The highest BCUT2D eigenvalue weighted by Crippen LogP contribution is 2.58. The van der Waals surface area contributed by atoms with Crippen molar-refractivity contribution in [3.05, 3.63) is 54.6 Å². The van der Waals surface area contributed by atoms with Gasteiger partial charge in [-0.1, -0.05) is 38.1 Å². The number of aliphatic carboxylic acids is 1. The molecule has 7 heteroatoms. The van der Waals surface area contributed by atoms with E-state index in [2.05, 4.69) is 10.6 Å². The second-order valence-electron chi connectivity index (χ2n) is 7.33. The van der Waals surface area contributed by atoms with Crippen LogP contribution in [0.3, 0.4) is 0 Å². The summed E-state index contributed by atoms with van der Waals surface area (Å²) in [6, 6.07) is 15.7. The van der Waals surface area contributed by atoms with Crippen LogP contribution in [0.2, 0.25) is 0 Å². The number of rotatable bonds is 7. The van der Waals surface area contributed by atoms with Crippen LogP contribution in [-0.4, -0.2) is 29.5 Å². The van der Waals surface area contributed by atoms with Gasteiger partial charge in [0.05, 0.1) is 11.8 Å². The molecule has 0 aliphatic heterocycles. The summed E-state index contributed by atoms with van der Waals surface area (Å²) < 4.78 is 5.39. The lowest BCUT2D eigenvalue weighted by Gasteiger charge is -2.10. The maximum Gasteiger partial charge on any atom is 0.307 e. The molecule has 2 amide bonds. The fraction of sp³-hybridized carbons (Fsp3) is 0.286. The summed E-state index contributed by atoms with van der Waals surface area (Å²) in [5.74, 6) is -2.31. The smallest absolute Gasteiger partial charge is 0.307 e. The van der Waals surface area contributed by atoms with Gasteiger partial charge in [0.25, 0.3) is 5.91 Å². The summed E-state index contributed by atoms with van der Waals surface area (Å²) >= 11 is 0. The lowest BCUT2D eigenvalue weighted by atomic mass is 10.1. The summed E-state index contributed by atoms with van der Waals surface area (Å²) in [6.07, 6.45) is 0. The molecule has 28 heavy (non-hydrogen) atoms. The van der Waals surface area contributed by atoms with Crippen molar-refractivity contribution in [2.45, 2.75) is 13.8 Å². The Bertz CT molecular complexity index is 895. The molecule has 3 rings (SSSR count). The molecule has 2 aromatic rings. The summed E-state index contributed by atoms with van der Waals surface area (Å²) in [7, 11) is 0. The van der Waals surface area contributed by atoms with E-state index in [9.17, 15) is 19.5 Å². The Morgan fingerprint density at radius 1 is 0.964 bits per heavy atom. The third-order valence-corrected chi connectivity index (χ3v) is 4.90. The van der Waals surface area contributed by atoms with Crippen molar-refractivity contribution in [1.29, 1.82) is 0 Å². The molecule has 1 saturated carbocycles. The highest BCUT2D eigenvalue weighted by atomic mass is 16.5. The van der Waals surface area contributed by atoms with Crippen LogP contribution in [-0.2, 0) is 14.4 Å². The molecule has 0 spiro atoms. The molecule has 2 aromatic carbocycles. The molecule has 0 heterocycles. The van der Waals surface area contributed by atoms with Crippen LogP contribution in [0.1, 0.15) is 13.8 Å². The number of carboxylic acids is 1. The van der Waals surface area contributed by atoms with Gasteiger partial charge < -0.3 is 20.5 Å². The van der Waals surface area contributed by atoms with Crippen LogP contribution in [0.15, 0.2) is 54.6 Å². The number of nitrogens with one attached hydrogen (secondary N) is 2. The second kappa shape index (κ2) is 7.72. The zero-order valence-electron chi connectivity index (χ0n) is 15.6. The minimum Gasteiger partial charge on any atom is -0.484 e. The van der Waals surface area contributed by atoms with Gasteiger partial charge in [0, 0.05) is 11.4 Å². The van der Waals surface area contributed by atoms with Crippen molar-refractivity contribution in [2.75, 3.05) is 17.2 Å². The minimum absolute atomic E-state index is 0.142. The van der Waals surface area contributed by atoms with Gasteiger partial charge in [0.2, 0.25) is 5.91 Å². The summed E-state index contributed by atoms with van der Waals surface area (Å²) in [5, 5.41) is 14.6. The van der Waals surface area contributed by atoms with Crippen LogP contribution in [0.4, 0.5) is 11.4 Å². The largest absolute Gasteiger partial charge is 0.484 e. The molecule has 0 unspecified atom stereocenters. The van der Waals surface area contributed by atoms with E-state index >= 15 is 0 Å². The molecule has 0 saturated heterocycles. The Balaban J connectivity index is 1.56. The number of carbonyl (C=O) groups is 3. The number of carbonyl (C=O) groups excluding carboxylic acids is 2. The van der Waals surface area contributed by atoms with E-state index in [4.69, 9.17) is 4.74 Å². The average Bonchev–Trinajstić information content (AvgIpc) is 3.24. The predicted octanol–water partition coefficient (Wildman–Crippen LogP) is 3.00. The monoisotopic (exact) mass is 382 g/mol. The Morgan fingerprint density at radius 2 is 1.61 bits per heavy atom. The van der Waals surface area contributed by atoms with Crippen molar-refractivity contribution in [3.63, 3.8) is 0 Å². The van der Waals surface area contributed by atoms with Crippen LogP contribution in [0.5, 0.6) is 5.75 Å². The first-order valence-electron chi connectivity index (χ1n) is 8.90. The Hall–Kier alpha value is -3.35. The topological polar surface area (TPSA) is 105 Å². The fourth-order valence-electron chi connectivity index (χ4n) is 3.35. The lowest BCUT2D eigenvalue weighted by molar-refractivity contribution is -0.140. The molecule has 2 atom stereocenters. The van der Waals surface area contributed by atoms with Crippen molar-refractivity contribution < 1.29 is 24.2 Å². The molecular formula is C21H22N2O5. The molecule has 146 valence electrons. The lowest BCUT2D eigenvalue weighted by Crippen LogP contribution is -2.20.